The van der Waals surface area contributed by atoms with Crippen LogP contribution in [0.15, 0.2) is 0 Å². The minimum Gasteiger partial charge on any atom is -0.464 e. The number of rotatable bonds is 16. The van der Waals surface area contributed by atoms with Crippen molar-refractivity contribution >= 4 is 11.9 Å². The first-order valence-corrected chi connectivity index (χ1v) is 11.6. The van der Waals surface area contributed by atoms with Crippen molar-refractivity contribution in [3.63, 3.8) is 0 Å². The molecule has 0 spiro atoms. The van der Waals surface area contributed by atoms with Crippen molar-refractivity contribution in [2.45, 2.75) is 123 Å². The lowest BCUT2D eigenvalue weighted by Gasteiger charge is -2.16. The maximum absolute atomic E-state index is 12.0. The Morgan fingerprint density at radius 2 is 1.33 bits per heavy atom. The Labute approximate surface area is 167 Å². The van der Waals surface area contributed by atoms with E-state index in [0.717, 1.165) is 38.5 Å². The van der Waals surface area contributed by atoms with Gasteiger partial charge >= 0.3 is 5.97 Å². The molecule has 0 aromatic carbocycles. The lowest BCUT2D eigenvalue weighted by Crippen LogP contribution is -2.42. The number of hydrogen-bond donors (Lipinski definition) is 1. The Kier molecular flexibility index (Phi) is 14.2. The summed E-state index contributed by atoms with van der Waals surface area (Å²) in [5.41, 5.74) is 0. The molecular formula is C23H43NO3. The first kappa shape index (κ1) is 24.0. The molecule has 1 unspecified atom stereocenters. The highest BCUT2D eigenvalue weighted by Crippen LogP contribution is 2.24. The Morgan fingerprint density at radius 1 is 0.852 bits per heavy atom. The van der Waals surface area contributed by atoms with E-state index in [2.05, 4.69) is 12.2 Å². The summed E-state index contributed by atoms with van der Waals surface area (Å²) in [6.45, 7) is 4.45. The quantitative estimate of drug-likeness (QED) is 0.266. The normalized spacial score (nSPS) is 15.6. The fourth-order valence-corrected chi connectivity index (χ4v) is 3.82. The topological polar surface area (TPSA) is 55.4 Å². The highest BCUT2D eigenvalue weighted by molar-refractivity contribution is 5.85. The smallest absolute Gasteiger partial charge is 0.328 e. The molecule has 0 saturated heterocycles. The molecule has 1 saturated carbocycles. The SMILES string of the molecule is CCCCCCCCCCCCCCOC(=O)C(C)NC(=O)C1CCCC1. The van der Waals surface area contributed by atoms with Gasteiger partial charge in [0.1, 0.15) is 6.04 Å². The number of amides is 1. The van der Waals surface area contributed by atoms with Crippen molar-refractivity contribution in [2.24, 2.45) is 5.92 Å². The summed E-state index contributed by atoms with van der Waals surface area (Å²) in [5, 5.41) is 2.80. The van der Waals surface area contributed by atoms with Crippen molar-refractivity contribution in [3.8, 4) is 0 Å². The van der Waals surface area contributed by atoms with Crippen molar-refractivity contribution in [3.05, 3.63) is 0 Å². The van der Waals surface area contributed by atoms with E-state index < -0.39 is 6.04 Å². The van der Waals surface area contributed by atoms with E-state index in [4.69, 9.17) is 4.74 Å². The first-order valence-electron chi connectivity index (χ1n) is 11.6. The number of esters is 1. The van der Waals surface area contributed by atoms with Crippen LogP contribution in [0.1, 0.15) is 117 Å². The maximum atomic E-state index is 12.0. The van der Waals surface area contributed by atoms with Crippen LogP contribution in [0.5, 0.6) is 0 Å². The molecule has 1 rings (SSSR count). The van der Waals surface area contributed by atoms with E-state index in [1.165, 1.54) is 64.2 Å². The summed E-state index contributed by atoms with van der Waals surface area (Å²) < 4.78 is 5.31. The molecule has 1 amide bonds. The zero-order chi connectivity index (χ0) is 19.7. The molecule has 0 bridgehead atoms. The molecule has 1 aliphatic carbocycles. The lowest BCUT2D eigenvalue weighted by molar-refractivity contribution is -0.147. The minimum atomic E-state index is -0.532. The predicted octanol–water partition coefficient (Wildman–Crippen LogP) is 5.93. The predicted molar refractivity (Wildman–Crippen MR) is 112 cm³/mol. The van der Waals surface area contributed by atoms with Crippen LogP contribution in [-0.2, 0) is 14.3 Å². The molecule has 158 valence electrons. The summed E-state index contributed by atoms with van der Waals surface area (Å²) in [5.74, 6) is -0.191. The van der Waals surface area contributed by atoms with Gasteiger partial charge in [0.15, 0.2) is 0 Å². The van der Waals surface area contributed by atoms with Gasteiger partial charge in [-0.25, -0.2) is 4.79 Å². The van der Waals surface area contributed by atoms with Gasteiger partial charge in [0, 0.05) is 5.92 Å². The Morgan fingerprint density at radius 3 is 1.85 bits per heavy atom. The Balaban J connectivity index is 1.88. The number of nitrogens with one attached hydrogen (secondary N) is 1. The van der Waals surface area contributed by atoms with E-state index in [0.29, 0.717) is 6.61 Å². The minimum absolute atomic E-state index is 0.0160. The summed E-state index contributed by atoms with van der Waals surface area (Å²) in [6.07, 6.45) is 19.7. The molecule has 4 nitrogen and oxygen atoms in total. The molecule has 0 heterocycles. The Bertz CT molecular complexity index is 391. The van der Waals surface area contributed by atoms with Crippen LogP contribution in [-0.4, -0.2) is 24.5 Å². The first-order chi connectivity index (χ1) is 13.1. The second-order valence-electron chi connectivity index (χ2n) is 8.27. The number of unbranched alkanes of at least 4 members (excludes halogenated alkanes) is 11. The van der Waals surface area contributed by atoms with E-state index >= 15 is 0 Å². The van der Waals surface area contributed by atoms with E-state index in [-0.39, 0.29) is 17.8 Å². The third kappa shape index (κ3) is 12.1. The Hall–Kier alpha value is -1.06. The average Bonchev–Trinajstić information content (AvgIpc) is 3.20. The maximum Gasteiger partial charge on any atom is 0.328 e. The average molecular weight is 382 g/mol. The van der Waals surface area contributed by atoms with Gasteiger partial charge in [-0.2, -0.15) is 0 Å². The number of hydrogen-bond acceptors (Lipinski definition) is 3. The van der Waals surface area contributed by atoms with Gasteiger partial charge < -0.3 is 10.1 Å². The second kappa shape index (κ2) is 15.9. The summed E-state index contributed by atoms with van der Waals surface area (Å²) in [7, 11) is 0. The molecule has 0 radical (unpaired) electrons. The van der Waals surface area contributed by atoms with Crippen molar-refractivity contribution in [1.29, 1.82) is 0 Å². The summed E-state index contributed by atoms with van der Waals surface area (Å²) >= 11 is 0. The van der Waals surface area contributed by atoms with Crippen LogP contribution in [0.3, 0.4) is 0 Å². The molecule has 4 heteroatoms. The molecule has 1 N–H and O–H groups in total. The monoisotopic (exact) mass is 381 g/mol. The van der Waals surface area contributed by atoms with Crippen LogP contribution in [0.25, 0.3) is 0 Å². The van der Waals surface area contributed by atoms with Gasteiger partial charge in [-0.3, -0.25) is 4.79 Å². The van der Waals surface area contributed by atoms with Crippen molar-refractivity contribution < 1.29 is 14.3 Å². The van der Waals surface area contributed by atoms with Gasteiger partial charge in [0.2, 0.25) is 5.91 Å². The summed E-state index contributed by atoms with van der Waals surface area (Å²) in [4.78, 5) is 24.0. The van der Waals surface area contributed by atoms with Gasteiger partial charge in [0.25, 0.3) is 0 Å². The molecule has 0 aliphatic heterocycles. The second-order valence-corrected chi connectivity index (χ2v) is 8.27. The van der Waals surface area contributed by atoms with Crippen LogP contribution in [0.4, 0.5) is 0 Å². The van der Waals surface area contributed by atoms with Crippen molar-refractivity contribution in [2.75, 3.05) is 6.61 Å². The van der Waals surface area contributed by atoms with Crippen LogP contribution >= 0.6 is 0 Å². The highest BCUT2D eigenvalue weighted by Gasteiger charge is 2.25. The largest absolute Gasteiger partial charge is 0.464 e. The molecule has 1 aliphatic rings. The van der Waals surface area contributed by atoms with Gasteiger partial charge in [0.05, 0.1) is 6.61 Å². The lowest BCUT2D eigenvalue weighted by atomic mass is 10.1. The third-order valence-electron chi connectivity index (χ3n) is 5.68. The third-order valence-corrected chi connectivity index (χ3v) is 5.68. The number of ether oxygens (including phenoxy) is 1. The van der Waals surface area contributed by atoms with Crippen LogP contribution in [0.2, 0.25) is 0 Å². The molecule has 0 aromatic rings. The zero-order valence-corrected chi connectivity index (χ0v) is 17.9. The van der Waals surface area contributed by atoms with Gasteiger partial charge in [-0.05, 0) is 26.2 Å². The molecule has 1 atom stereocenters. The fraction of sp³-hybridized carbons (Fsp3) is 0.913. The zero-order valence-electron chi connectivity index (χ0n) is 17.9. The molecular weight excluding hydrogens is 338 g/mol. The van der Waals surface area contributed by atoms with Crippen molar-refractivity contribution in [1.82, 2.24) is 5.32 Å². The number of carbonyl (C=O) groups is 2. The summed E-state index contributed by atoms with van der Waals surface area (Å²) in [6, 6.07) is -0.532. The highest BCUT2D eigenvalue weighted by atomic mass is 16.5. The van der Waals surface area contributed by atoms with Crippen LogP contribution < -0.4 is 5.32 Å². The van der Waals surface area contributed by atoms with Gasteiger partial charge in [-0.1, -0.05) is 90.4 Å². The van der Waals surface area contributed by atoms with Gasteiger partial charge in [-0.15, -0.1) is 0 Å². The standard InChI is InChI=1S/C23H43NO3/c1-3-4-5-6-7-8-9-10-11-12-13-16-19-27-23(26)20(2)24-22(25)21-17-14-15-18-21/h20-21H,3-19H2,1-2H3,(H,24,25). The molecule has 0 aromatic heterocycles. The molecule has 27 heavy (non-hydrogen) atoms. The van der Waals surface area contributed by atoms with E-state index in [1.807, 2.05) is 0 Å². The number of carbonyl (C=O) groups excluding carboxylic acids is 2. The van der Waals surface area contributed by atoms with E-state index in [1.54, 1.807) is 6.92 Å². The van der Waals surface area contributed by atoms with E-state index in [9.17, 15) is 9.59 Å². The van der Waals surface area contributed by atoms with Crippen LogP contribution in [0, 0.1) is 5.92 Å². The molecule has 1 fully saturated rings. The fourth-order valence-electron chi connectivity index (χ4n) is 3.82.